The molecule has 1 amide bonds. The third kappa shape index (κ3) is 6.51. The van der Waals surface area contributed by atoms with Crippen LogP contribution in [0.25, 0.3) is 0 Å². The van der Waals surface area contributed by atoms with Gasteiger partial charge in [-0.25, -0.2) is 9.97 Å². The van der Waals surface area contributed by atoms with E-state index in [2.05, 4.69) is 20.6 Å². The lowest BCUT2D eigenvalue weighted by molar-refractivity contribution is 0.0953. The fourth-order valence-corrected chi connectivity index (χ4v) is 2.58. The molecule has 4 N–H and O–H groups in total. The van der Waals surface area contributed by atoms with Gasteiger partial charge >= 0.3 is 0 Å². The fraction of sp³-hybridized carbons (Fsp3) is 0.421. The molecule has 0 radical (unpaired) electrons. The Kier molecular flexibility index (Phi) is 7.35. The molecule has 134 valence electrons. The van der Waals surface area contributed by atoms with E-state index in [0.717, 1.165) is 49.3 Å². The minimum atomic E-state index is -0.0659. The number of aromatic nitrogens is 2. The van der Waals surface area contributed by atoms with Gasteiger partial charge in [0.15, 0.2) is 0 Å². The Morgan fingerprint density at radius 2 is 1.76 bits per heavy atom. The molecule has 2 aromatic rings. The molecular formula is C19H27N5O. The number of rotatable bonds is 9. The van der Waals surface area contributed by atoms with E-state index in [9.17, 15) is 4.79 Å². The lowest BCUT2D eigenvalue weighted by Crippen LogP contribution is -2.24. The predicted molar refractivity (Wildman–Crippen MR) is 101 cm³/mol. The van der Waals surface area contributed by atoms with Crippen LogP contribution in [0.5, 0.6) is 0 Å². The molecule has 0 bridgehead atoms. The molecule has 0 saturated heterocycles. The first-order valence-corrected chi connectivity index (χ1v) is 8.76. The van der Waals surface area contributed by atoms with Crippen molar-refractivity contribution >= 4 is 17.5 Å². The summed E-state index contributed by atoms with van der Waals surface area (Å²) in [5.74, 6) is 0.471. The first kappa shape index (κ1) is 18.9. The second-order valence-electron chi connectivity index (χ2n) is 6.14. The monoisotopic (exact) mass is 341 g/mol. The summed E-state index contributed by atoms with van der Waals surface area (Å²) in [6.45, 7) is 5.27. The van der Waals surface area contributed by atoms with Crippen LogP contribution < -0.4 is 16.4 Å². The van der Waals surface area contributed by atoms with Gasteiger partial charge in [0, 0.05) is 29.2 Å². The van der Waals surface area contributed by atoms with Crippen LogP contribution in [-0.4, -0.2) is 29.0 Å². The number of anilines is 2. The highest BCUT2D eigenvalue weighted by molar-refractivity contribution is 5.95. The molecule has 0 saturated carbocycles. The average Bonchev–Trinajstić information content (AvgIpc) is 2.57. The topological polar surface area (TPSA) is 92.9 Å². The van der Waals surface area contributed by atoms with Crippen LogP contribution in [0.2, 0.25) is 0 Å². The van der Waals surface area contributed by atoms with Gasteiger partial charge in [-0.1, -0.05) is 18.9 Å². The van der Waals surface area contributed by atoms with E-state index in [1.165, 1.54) is 0 Å². The van der Waals surface area contributed by atoms with Crippen molar-refractivity contribution in [2.75, 3.05) is 18.4 Å². The Hall–Kier alpha value is -2.47. The molecule has 0 aliphatic heterocycles. The van der Waals surface area contributed by atoms with Crippen LogP contribution in [0.4, 0.5) is 11.6 Å². The van der Waals surface area contributed by atoms with Gasteiger partial charge in [0.2, 0.25) is 5.95 Å². The molecule has 1 aromatic carbocycles. The van der Waals surface area contributed by atoms with Gasteiger partial charge in [-0.15, -0.1) is 0 Å². The van der Waals surface area contributed by atoms with E-state index in [-0.39, 0.29) is 5.91 Å². The number of benzene rings is 1. The number of nitrogens with zero attached hydrogens (tertiary/aromatic N) is 2. The number of aryl methyl sites for hydroxylation is 2. The SMILES string of the molecule is Cc1cc(C)nc(Nc2cccc(C(=O)NCCCCCCN)c2)n1. The molecule has 6 heteroatoms. The van der Waals surface area contributed by atoms with Crippen LogP contribution >= 0.6 is 0 Å². The Morgan fingerprint density at radius 1 is 1.04 bits per heavy atom. The molecule has 1 aromatic heterocycles. The summed E-state index contributed by atoms with van der Waals surface area (Å²) in [4.78, 5) is 21.0. The van der Waals surface area contributed by atoms with Crippen LogP contribution in [-0.2, 0) is 0 Å². The summed E-state index contributed by atoms with van der Waals surface area (Å²) >= 11 is 0. The number of nitrogens with two attached hydrogens (primary N) is 1. The third-order valence-electron chi connectivity index (χ3n) is 3.78. The zero-order valence-corrected chi connectivity index (χ0v) is 15.0. The van der Waals surface area contributed by atoms with Crippen molar-refractivity contribution in [3.63, 3.8) is 0 Å². The normalized spacial score (nSPS) is 10.5. The Morgan fingerprint density at radius 3 is 2.48 bits per heavy atom. The van der Waals surface area contributed by atoms with Crippen molar-refractivity contribution in [2.45, 2.75) is 39.5 Å². The van der Waals surface area contributed by atoms with Gasteiger partial charge in [0.05, 0.1) is 0 Å². The Labute approximate surface area is 149 Å². The number of hydrogen-bond donors (Lipinski definition) is 3. The highest BCUT2D eigenvalue weighted by Gasteiger charge is 2.07. The smallest absolute Gasteiger partial charge is 0.251 e. The Balaban J connectivity index is 1.90. The molecule has 0 fully saturated rings. The molecule has 0 aliphatic carbocycles. The fourth-order valence-electron chi connectivity index (χ4n) is 2.58. The number of unbranched alkanes of at least 4 members (excludes halogenated alkanes) is 3. The van der Waals surface area contributed by atoms with Crippen molar-refractivity contribution in [3.8, 4) is 0 Å². The number of amides is 1. The summed E-state index contributed by atoms with van der Waals surface area (Å²) < 4.78 is 0. The molecular weight excluding hydrogens is 314 g/mol. The van der Waals surface area contributed by atoms with Crippen LogP contribution in [0, 0.1) is 13.8 Å². The largest absolute Gasteiger partial charge is 0.352 e. The first-order chi connectivity index (χ1) is 12.1. The molecule has 0 aliphatic rings. The molecule has 6 nitrogen and oxygen atoms in total. The lowest BCUT2D eigenvalue weighted by Gasteiger charge is -2.09. The summed E-state index contributed by atoms with van der Waals surface area (Å²) in [6, 6.07) is 9.27. The summed E-state index contributed by atoms with van der Waals surface area (Å²) in [6.07, 6.45) is 4.22. The van der Waals surface area contributed by atoms with Gasteiger partial charge in [-0.05, 0) is 57.5 Å². The summed E-state index contributed by atoms with van der Waals surface area (Å²) in [5.41, 5.74) is 8.69. The van der Waals surface area contributed by atoms with Crippen molar-refractivity contribution < 1.29 is 4.79 Å². The van der Waals surface area contributed by atoms with E-state index < -0.39 is 0 Å². The first-order valence-electron chi connectivity index (χ1n) is 8.76. The standard InChI is InChI=1S/C19H27N5O/c1-14-12-15(2)23-19(22-14)24-17-9-7-8-16(13-17)18(25)21-11-6-4-3-5-10-20/h7-9,12-13H,3-6,10-11,20H2,1-2H3,(H,21,25)(H,22,23,24). The number of carbonyl (C=O) groups excluding carboxylic acids is 1. The summed E-state index contributed by atoms with van der Waals surface area (Å²) in [7, 11) is 0. The van der Waals surface area contributed by atoms with Gasteiger partial charge < -0.3 is 16.4 Å². The number of carbonyl (C=O) groups is 1. The molecule has 25 heavy (non-hydrogen) atoms. The van der Waals surface area contributed by atoms with Crippen molar-refractivity contribution in [3.05, 3.63) is 47.3 Å². The second-order valence-corrected chi connectivity index (χ2v) is 6.14. The lowest BCUT2D eigenvalue weighted by atomic mass is 10.1. The molecule has 0 spiro atoms. The van der Waals surface area contributed by atoms with Gasteiger partial charge in [0.1, 0.15) is 0 Å². The number of nitrogens with one attached hydrogen (secondary N) is 2. The van der Waals surface area contributed by atoms with Crippen LogP contribution in [0.3, 0.4) is 0 Å². The van der Waals surface area contributed by atoms with Crippen LogP contribution in [0.1, 0.15) is 47.4 Å². The van der Waals surface area contributed by atoms with E-state index in [0.29, 0.717) is 18.1 Å². The highest BCUT2D eigenvalue weighted by atomic mass is 16.1. The summed E-state index contributed by atoms with van der Waals surface area (Å²) in [5, 5.41) is 6.11. The third-order valence-corrected chi connectivity index (χ3v) is 3.78. The van der Waals surface area contributed by atoms with Crippen molar-refractivity contribution in [1.82, 2.24) is 15.3 Å². The quantitative estimate of drug-likeness (QED) is 0.610. The van der Waals surface area contributed by atoms with E-state index in [1.54, 1.807) is 6.07 Å². The predicted octanol–water partition coefficient (Wildman–Crippen LogP) is 3.09. The van der Waals surface area contributed by atoms with Crippen molar-refractivity contribution in [1.29, 1.82) is 0 Å². The maximum atomic E-state index is 12.3. The van der Waals surface area contributed by atoms with Crippen molar-refractivity contribution in [2.24, 2.45) is 5.73 Å². The second kappa shape index (κ2) is 9.74. The minimum Gasteiger partial charge on any atom is -0.352 e. The molecule has 2 rings (SSSR count). The zero-order valence-electron chi connectivity index (χ0n) is 15.0. The van der Waals surface area contributed by atoms with E-state index in [4.69, 9.17) is 5.73 Å². The van der Waals surface area contributed by atoms with E-state index in [1.807, 2.05) is 38.1 Å². The van der Waals surface area contributed by atoms with Gasteiger partial charge in [-0.3, -0.25) is 4.79 Å². The maximum Gasteiger partial charge on any atom is 0.251 e. The molecule has 0 unspecified atom stereocenters. The average molecular weight is 341 g/mol. The Bertz CT molecular complexity index is 682. The highest BCUT2D eigenvalue weighted by Crippen LogP contribution is 2.15. The van der Waals surface area contributed by atoms with Gasteiger partial charge in [-0.2, -0.15) is 0 Å². The maximum absolute atomic E-state index is 12.3. The zero-order chi connectivity index (χ0) is 18.1. The number of hydrogen-bond acceptors (Lipinski definition) is 5. The van der Waals surface area contributed by atoms with E-state index >= 15 is 0 Å². The minimum absolute atomic E-state index is 0.0659. The molecule has 1 heterocycles. The van der Waals surface area contributed by atoms with Crippen LogP contribution in [0.15, 0.2) is 30.3 Å². The molecule has 0 atom stereocenters. The van der Waals surface area contributed by atoms with Gasteiger partial charge in [0.25, 0.3) is 5.91 Å².